The van der Waals surface area contributed by atoms with E-state index in [2.05, 4.69) is 5.32 Å². The Morgan fingerprint density at radius 3 is 2.48 bits per heavy atom. The number of halogens is 1. The lowest BCUT2D eigenvalue weighted by molar-refractivity contribution is -0.384. The van der Waals surface area contributed by atoms with Gasteiger partial charge in [-0.1, -0.05) is 23.7 Å². The summed E-state index contributed by atoms with van der Waals surface area (Å²) in [5.41, 5.74) is 2.06. The molecule has 0 bridgehead atoms. The maximum Gasteiger partial charge on any atom is 0.269 e. The zero-order valence-corrected chi connectivity index (χ0v) is 12.1. The van der Waals surface area contributed by atoms with Gasteiger partial charge in [-0.3, -0.25) is 14.9 Å². The molecular formula is C15H13ClN2O3. The van der Waals surface area contributed by atoms with E-state index >= 15 is 0 Å². The minimum Gasteiger partial charge on any atom is -0.326 e. The SMILES string of the molecule is Cc1cc([N+](=O)[O-])ccc1NC(=O)Cc1ccc(Cl)cc1. The molecule has 0 saturated heterocycles. The maximum absolute atomic E-state index is 12.0. The average molecular weight is 305 g/mol. The normalized spacial score (nSPS) is 10.2. The van der Waals surface area contributed by atoms with Crippen molar-refractivity contribution < 1.29 is 9.72 Å². The van der Waals surface area contributed by atoms with Crippen LogP contribution in [-0.2, 0) is 11.2 Å². The van der Waals surface area contributed by atoms with Crippen molar-refractivity contribution in [3.05, 3.63) is 68.7 Å². The van der Waals surface area contributed by atoms with E-state index in [-0.39, 0.29) is 18.0 Å². The standard InChI is InChI=1S/C15H13ClN2O3/c1-10-8-13(18(20)21)6-7-14(10)17-15(19)9-11-2-4-12(16)5-3-11/h2-8H,9H2,1H3,(H,17,19). The molecule has 0 aliphatic heterocycles. The lowest BCUT2D eigenvalue weighted by atomic mass is 10.1. The molecule has 0 unspecified atom stereocenters. The molecule has 1 N–H and O–H groups in total. The number of nitro benzene ring substituents is 1. The summed E-state index contributed by atoms with van der Waals surface area (Å²) in [6.45, 7) is 1.71. The molecule has 6 heteroatoms. The topological polar surface area (TPSA) is 72.2 Å². The quantitative estimate of drug-likeness (QED) is 0.691. The summed E-state index contributed by atoms with van der Waals surface area (Å²) in [6.07, 6.45) is 0.216. The Balaban J connectivity index is 2.06. The highest BCUT2D eigenvalue weighted by Crippen LogP contribution is 2.21. The molecule has 0 fully saturated rings. The molecular weight excluding hydrogens is 292 g/mol. The molecule has 5 nitrogen and oxygen atoms in total. The van der Waals surface area contributed by atoms with Crippen LogP contribution in [0.2, 0.25) is 5.02 Å². The predicted octanol–water partition coefficient (Wildman–Crippen LogP) is 3.74. The Hall–Kier alpha value is -2.40. The summed E-state index contributed by atoms with van der Waals surface area (Å²) in [5.74, 6) is -0.186. The molecule has 2 aromatic rings. The van der Waals surface area contributed by atoms with Crippen molar-refractivity contribution in [3.63, 3.8) is 0 Å². The van der Waals surface area contributed by atoms with Crippen LogP contribution in [0.15, 0.2) is 42.5 Å². The summed E-state index contributed by atoms with van der Waals surface area (Å²) in [6, 6.07) is 11.3. The number of nitrogens with one attached hydrogen (secondary N) is 1. The first-order chi connectivity index (χ1) is 9.95. The van der Waals surface area contributed by atoms with E-state index in [0.29, 0.717) is 16.3 Å². The number of nitrogens with zero attached hydrogens (tertiary/aromatic N) is 1. The van der Waals surface area contributed by atoms with Crippen molar-refractivity contribution in [2.45, 2.75) is 13.3 Å². The van der Waals surface area contributed by atoms with Crippen LogP contribution in [0, 0.1) is 17.0 Å². The second-order valence-electron chi connectivity index (χ2n) is 4.61. The number of carbonyl (C=O) groups is 1. The number of aryl methyl sites for hydroxylation is 1. The summed E-state index contributed by atoms with van der Waals surface area (Å²) >= 11 is 5.78. The number of non-ortho nitro benzene ring substituents is 1. The van der Waals surface area contributed by atoms with E-state index in [9.17, 15) is 14.9 Å². The Morgan fingerprint density at radius 1 is 1.24 bits per heavy atom. The third-order valence-electron chi connectivity index (χ3n) is 2.97. The van der Waals surface area contributed by atoms with Crippen molar-refractivity contribution in [2.75, 3.05) is 5.32 Å². The van der Waals surface area contributed by atoms with Gasteiger partial charge < -0.3 is 5.32 Å². The lowest BCUT2D eigenvalue weighted by Gasteiger charge is -2.08. The van der Waals surface area contributed by atoms with Crippen molar-refractivity contribution in [1.82, 2.24) is 0 Å². The second kappa shape index (κ2) is 6.37. The average Bonchev–Trinajstić information content (AvgIpc) is 2.43. The van der Waals surface area contributed by atoms with Gasteiger partial charge >= 0.3 is 0 Å². The number of carbonyl (C=O) groups excluding carboxylic acids is 1. The highest BCUT2D eigenvalue weighted by Gasteiger charge is 2.10. The minimum atomic E-state index is -0.466. The van der Waals surface area contributed by atoms with Gasteiger partial charge in [0.05, 0.1) is 11.3 Å². The van der Waals surface area contributed by atoms with Crippen molar-refractivity contribution in [1.29, 1.82) is 0 Å². The largest absolute Gasteiger partial charge is 0.326 e. The number of benzene rings is 2. The van der Waals surface area contributed by atoms with Crippen molar-refractivity contribution in [3.8, 4) is 0 Å². The smallest absolute Gasteiger partial charge is 0.269 e. The van der Waals surface area contributed by atoms with Gasteiger partial charge in [0.25, 0.3) is 5.69 Å². The van der Waals surface area contributed by atoms with Crippen LogP contribution >= 0.6 is 11.6 Å². The number of anilines is 1. The van der Waals surface area contributed by atoms with Crippen LogP contribution in [0.3, 0.4) is 0 Å². The van der Waals surface area contributed by atoms with Crippen LogP contribution in [0.5, 0.6) is 0 Å². The first-order valence-electron chi connectivity index (χ1n) is 6.25. The van der Waals surface area contributed by atoms with Crippen LogP contribution in [-0.4, -0.2) is 10.8 Å². The van der Waals surface area contributed by atoms with Crippen LogP contribution in [0.1, 0.15) is 11.1 Å². The summed E-state index contributed by atoms with van der Waals surface area (Å²) in [4.78, 5) is 22.2. The maximum atomic E-state index is 12.0. The van der Waals surface area contributed by atoms with Gasteiger partial charge in [-0.2, -0.15) is 0 Å². The molecule has 108 valence electrons. The zero-order valence-electron chi connectivity index (χ0n) is 11.3. The van der Waals surface area contributed by atoms with Gasteiger partial charge in [-0.15, -0.1) is 0 Å². The predicted molar refractivity (Wildman–Crippen MR) is 81.6 cm³/mol. The number of nitro groups is 1. The number of rotatable bonds is 4. The van der Waals surface area contributed by atoms with Gasteiger partial charge in [0.2, 0.25) is 5.91 Å². The van der Waals surface area contributed by atoms with Crippen molar-refractivity contribution >= 4 is 28.9 Å². The first-order valence-corrected chi connectivity index (χ1v) is 6.63. The van der Waals surface area contributed by atoms with E-state index in [0.717, 1.165) is 5.56 Å². The zero-order chi connectivity index (χ0) is 15.4. The number of hydrogen-bond donors (Lipinski definition) is 1. The van der Waals surface area contributed by atoms with Gasteiger partial charge in [-0.05, 0) is 36.2 Å². The fourth-order valence-corrected chi connectivity index (χ4v) is 2.01. The molecule has 21 heavy (non-hydrogen) atoms. The first kappa shape index (κ1) is 15.0. The van der Waals surface area contributed by atoms with Gasteiger partial charge in [0.1, 0.15) is 0 Å². The van der Waals surface area contributed by atoms with E-state index in [1.807, 2.05) is 0 Å². The number of hydrogen-bond acceptors (Lipinski definition) is 3. The van der Waals surface area contributed by atoms with Gasteiger partial charge in [0, 0.05) is 22.8 Å². The molecule has 0 heterocycles. The monoisotopic (exact) mass is 304 g/mol. The van der Waals surface area contributed by atoms with Crippen LogP contribution in [0.4, 0.5) is 11.4 Å². The summed E-state index contributed by atoms with van der Waals surface area (Å²) < 4.78 is 0. The molecule has 2 rings (SSSR count). The third-order valence-corrected chi connectivity index (χ3v) is 3.22. The van der Waals surface area contributed by atoms with Gasteiger partial charge in [0.15, 0.2) is 0 Å². The molecule has 0 aliphatic carbocycles. The molecule has 0 saturated carbocycles. The fourth-order valence-electron chi connectivity index (χ4n) is 1.88. The Bertz CT molecular complexity index is 684. The molecule has 0 atom stereocenters. The van der Waals surface area contributed by atoms with E-state index < -0.39 is 4.92 Å². The molecule has 0 aliphatic rings. The Morgan fingerprint density at radius 2 is 1.90 bits per heavy atom. The molecule has 0 spiro atoms. The van der Waals surface area contributed by atoms with E-state index in [1.165, 1.54) is 18.2 Å². The van der Waals surface area contributed by atoms with Crippen LogP contribution in [0.25, 0.3) is 0 Å². The molecule has 0 radical (unpaired) electrons. The summed E-state index contributed by atoms with van der Waals surface area (Å²) in [7, 11) is 0. The van der Waals surface area contributed by atoms with Crippen LogP contribution < -0.4 is 5.32 Å². The van der Waals surface area contributed by atoms with Crippen molar-refractivity contribution in [2.24, 2.45) is 0 Å². The Kier molecular flexibility index (Phi) is 4.55. The van der Waals surface area contributed by atoms with E-state index in [4.69, 9.17) is 11.6 Å². The number of amides is 1. The minimum absolute atomic E-state index is 0.00296. The highest BCUT2D eigenvalue weighted by molar-refractivity contribution is 6.30. The summed E-state index contributed by atoms with van der Waals surface area (Å²) in [5, 5.41) is 14.0. The Labute approximate surface area is 126 Å². The second-order valence-corrected chi connectivity index (χ2v) is 5.04. The van der Waals surface area contributed by atoms with E-state index in [1.54, 1.807) is 31.2 Å². The fraction of sp³-hybridized carbons (Fsp3) is 0.133. The lowest BCUT2D eigenvalue weighted by Crippen LogP contribution is -2.15. The third kappa shape index (κ3) is 4.03. The van der Waals surface area contributed by atoms with Gasteiger partial charge in [-0.25, -0.2) is 0 Å². The molecule has 2 aromatic carbocycles. The molecule has 1 amide bonds. The molecule has 0 aromatic heterocycles. The highest BCUT2D eigenvalue weighted by atomic mass is 35.5.